The van der Waals surface area contributed by atoms with E-state index in [0.717, 1.165) is 33.8 Å². The zero-order valence-electron chi connectivity index (χ0n) is 11.9. The van der Waals surface area contributed by atoms with Crippen molar-refractivity contribution in [2.75, 3.05) is 12.8 Å². The summed E-state index contributed by atoms with van der Waals surface area (Å²) in [6.07, 6.45) is 1.74. The van der Waals surface area contributed by atoms with Crippen molar-refractivity contribution < 1.29 is 4.74 Å². The number of anilines is 1. The minimum absolute atomic E-state index is 0.430. The molecular weight excluding hydrogens is 264 g/mol. The van der Waals surface area contributed by atoms with E-state index in [1.807, 2.05) is 43.3 Å². The molecule has 106 valence electrons. The van der Waals surface area contributed by atoms with Crippen molar-refractivity contribution in [2.24, 2.45) is 0 Å². The van der Waals surface area contributed by atoms with Gasteiger partial charge in [0.05, 0.1) is 24.1 Å². The highest BCUT2D eigenvalue weighted by Gasteiger charge is 2.18. The molecule has 0 aliphatic heterocycles. The Morgan fingerprint density at radius 2 is 2.05 bits per heavy atom. The standard InChI is InChI=1S/C16H16N4O/c1-10-6-7-13(21-2)11(9-10)14-15(19-20-16(14)17)12-5-3-4-8-18-12/h3-9H,1-2H3,(H3,17,19,20). The van der Waals surface area contributed by atoms with Gasteiger partial charge in [0, 0.05) is 11.8 Å². The van der Waals surface area contributed by atoms with E-state index in [9.17, 15) is 0 Å². The number of nitrogens with one attached hydrogen (secondary N) is 1. The van der Waals surface area contributed by atoms with E-state index in [2.05, 4.69) is 15.2 Å². The van der Waals surface area contributed by atoms with E-state index in [1.165, 1.54) is 0 Å². The van der Waals surface area contributed by atoms with Crippen molar-refractivity contribution in [1.82, 2.24) is 15.2 Å². The average molecular weight is 280 g/mol. The van der Waals surface area contributed by atoms with Crippen LogP contribution in [0.4, 0.5) is 5.82 Å². The van der Waals surface area contributed by atoms with Gasteiger partial charge in [-0.25, -0.2) is 0 Å². The third-order valence-electron chi connectivity index (χ3n) is 3.34. The van der Waals surface area contributed by atoms with Crippen LogP contribution in [-0.4, -0.2) is 22.3 Å². The summed E-state index contributed by atoms with van der Waals surface area (Å²) < 4.78 is 5.45. The van der Waals surface area contributed by atoms with Gasteiger partial charge >= 0.3 is 0 Å². The Balaban J connectivity index is 2.24. The lowest BCUT2D eigenvalue weighted by atomic mass is 10.0. The highest BCUT2D eigenvalue weighted by Crippen LogP contribution is 2.39. The second kappa shape index (κ2) is 5.28. The van der Waals surface area contributed by atoms with Crippen molar-refractivity contribution in [1.29, 1.82) is 0 Å². The van der Waals surface area contributed by atoms with E-state index in [0.29, 0.717) is 5.82 Å². The average Bonchev–Trinajstić information content (AvgIpc) is 2.89. The normalized spacial score (nSPS) is 10.6. The summed E-state index contributed by atoms with van der Waals surface area (Å²) in [6, 6.07) is 11.7. The van der Waals surface area contributed by atoms with E-state index in [4.69, 9.17) is 10.5 Å². The number of nitrogens with zero attached hydrogens (tertiary/aromatic N) is 2. The molecule has 0 saturated carbocycles. The SMILES string of the molecule is COc1ccc(C)cc1-c1c(N)n[nH]c1-c1ccccn1. The number of H-pyrrole nitrogens is 1. The minimum atomic E-state index is 0.430. The molecule has 2 heterocycles. The molecule has 0 spiro atoms. The monoisotopic (exact) mass is 280 g/mol. The van der Waals surface area contributed by atoms with Gasteiger partial charge in [-0.1, -0.05) is 17.7 Å². The number of aromatic nitrogens is 3. The van der Waals surface area contributed by atoms with E-state index >= 15 is 0 Å². The van der Waals surface area contributed by atoms with E-state index < -0.39 is 0 Å². The molecule has 0 aliphatic rings. The molecule has 0 fully saturated rings. The van der Waals surface area contributed by atoms with Crippen molar-refractivity contribution in [3.05, 3.63) is 48.2 Å². The Bertz CT molecular complexity index is 765. The van der Waals surface area contributed by atoms with Gasteiger partial charge in [0.15, 0.2) is 5.82 Å². The number of rotatable bonds is 3. The molecule has 3 aromatic rings. The molecule has 0 radical (unpaired) electrons. The number of nitrogen functional groups attached to an aromatic ring is 1. The molecule has 0 aliphatic carbocycles. The van der Waals surface area contributed by atoms with Gasteiger partial charge in [-0.3, -0.25) is 10.1 Å². The Morgan fingerprint density at radius 3 is 2.76 bits per heavy atom. The number of aromatic amines is 1. The summed E-state index contributed by atoms with van der Waals surface area (Å²) in [7, 11) is 1.64. The Kier molecular flexibility index (Phi) is 3.31. The number of ether oxygens (including phenoxy) is 1. The molecule has 3 N–H and O–H groups in total. The molecule has 0 saturated heterocycles. The topological polar surface area (TPSA) is 76.8 Å². The van der Waals surface area contributed by atoms with Gasteiger partial charge in [0.1, 0.15) is 5.75 Å². The zero-order valence-corrected chi connectivity index (χ0v) is 11.9. The van der Waals surface area contributed by atoms with Crippen LogP contribution in [0.2, 0.25) is 0 Å². The fourth-order valence-corrected chi connectivity index (χ4v) is 2.34. The molecule has 1 aromatic carbocycles. The minimum Gasteiger partial charge on any atom is -0.496 e. The molecule has 0 bridgehead atoms. The van der Waals surface area contributed by atoms with Gasteiger partial charge in [0.2, 0.25) is 0 Å². The molecule has 0 unspecified atom stereocenters. The van der Waals surface area contributed by atoms with Crippen LogP contribution in [0.25, 0.3) is 22.5 Å². The molecule has 0 amide bonds. The molecule has 3 rings (SSSR count). The maximum Gasteiger partial charge on any atom is 0.153 e. The van der Waals surface area contributed by atoms with E-state index in [-0.39, 0.29) is 0 Å². The van der Waals surface area contributed by atoms with Crippen LogP contribution in [0.5, 0.6) is 5.75 Å². The van der Waals surface area contributed by atoms with Crippen LogP contribution in [0.1, 0.15) is 5.56 Å². The molecular formula is C16H16N4O. The van der Waals surface area contributed by atoms with Crippen LogP contribution in [0.15, 0.2) is 42.6 Å². The first-order chi connectivity index (χ1) is 10.2. The molecule has 5 heteroatoms. The maximum atomic E-state index is 6.06. The largest absolute Gasteiger partial charge is 0.496 e. The smallest absolute Gasteiger partial charge is 0.153 e. The molecule has 21 heavy (non-hydrogen) atoms. The van der Waals surface area contributed by atoms with Gasteiger partial charge in [-0.15, -0.1) is 0 Å². The highest BCUT2D eigenvalue weighted by molar-refractivity contribution is 5.89. The van der Waals surface area contributed by atoms with E-state index in [1.54, 1.807) is 13.3 Å². The third-order valence-corrected chi connectivity index (χ3v) is 3.34. The lowest BCUT2D eigenvalue weighted by molar-refractivity contribution is 0.416. The number of hydrogen-bond donors (Lipinski definition) is 2. The van der Waals surface area contributed by atoms with Gasteiger partial charge in [-0.2, -0.15) is 5.10 Å². The zero-order chi connectivity index (χ0) is 14.8. The van der Waals surface area contributed by atoms with Crippen LogP contribution in [0.3, 0.4) is 0 Å². The lowest BCUT2D eigenvalue weighted by Crippen LogP contribution is -1.94. The van der Waals surface area contributed by atoms with Crippen LogP contribution in [-0.2, 0) is 0 Å². The van der Waals surface area contributed by atoms with Crippen molar-refractivity contribution in [3.8, 4) is 28.3 Å². The summed E-state index contributed by atoms with van der Waals surface area (Å²) in [5.74, 6) is 1.19. The number of hydrogen-bond acceptors (Lipinski definition) is 4. The molecule has 5 nitrogen and oxygen atoms in total. The summed E-state index contributed by atoms with van der Waals surface area (Å²) in [5, 5.41) is 7.10. The van der Waals surface area contributed by atoms with Crippen LogP contribution in [0, 0.1) is 6.92 Å². The summed E-state index contributed by atoms with van der Waals surface area (Å²) in [5.41, 5.74) is 10.5. The van der Waals surface area contributed by atoms with Gasteiger partial charge in [0.25, 0.3) is 0 Å². The second-order valence-corrected chi connectivity index (χ2v) is 4.78. The van der Waals surface area contributed by atoms with Crippen molar-refractivity contribution >= 4 is 5.82 Å². The van der Waals surface area contributed by atoms with Gasteiger partial charge < -0.3 is 10.5 Å². The molecule has 2 aromatic heterocycles. The fraction of sp³-hybridized carbons (Fsp3) is 0.125. The summed E-state index contributed by atoms with van der Waals surface area (Å²) in [4.78, 5) is 4.36. The number of nitrogens with two attached hydrogens (primary N) is 1. The molecule has 0 atom stereocenters. The first kappa shape index (κ1) is 13.2. The lowest BCUT2D eigenvalue weighted by Gasteiger charge is -2.10. The van der Waals surface area contributed by atoms with Crippen LogP contribution >= 0.6 is 0 Å². The fourth-order valence-electron chi connectivity index (χ4n) is 2.34. The Hall–Kier alpha value is -2.82. The Morgan fingerprint density at radius 1 is 1.19 bits per heavy atom. The second-order valence-electron chi connectivity index (χ2n) is 4.78. The number of benzene rings is 1. The maximum absolute atomic E-state index is 6.06. The number of methoxy groups -OCH3 is 1. The predicted molar refractivity (Wildman–Crippen MR) is 83.0 cm³/mol. The third kappa shape index (κ3) is 2.33. The number of pyridine rings is 1. The first-order valence-corrected chi connectivity index (χ1v) is 6.61. The summed E-state index contributed by atoms with van der Waals surface area (Å²) >= 11 is 0. The van der Waals surface area contributed by atoms with Crippen LogP contribution < -0.4 is 10.5 Å². The summed E-state index contributed by atoms with van der Waals surface area (Å²) in [6.45, 7) is 2.03. The van der Waals surface area contributed by atoms with Gasteiger partial charge in [-0.05, 0) is 31.2 Å². The number of aryl methyl sites for hydroxylation is 1. The quantitative estimate of drug-likeness (QED) is 0.773. The first-order valence-electron chi connectivity index (χ1n) is 6.61. The highest BCUT2D eigenvalue weighted by atomic mass is 16.5. The van der Waals surface area contributed by atoms with Crippen molar-refractivity contribution in [2.45, 2.75) is 6.92 Å². The Labute approximate surface area is 122 Å². The predicted octanol–water partition coefficient (Wildman–Crippen LogP) is 3.04. The van der Waals surface area contributed by atoms with Crippen molar-refractivity contribution in [3.63, 3.8) is 0 Å².